The molecule has 3 atom stereocenters. The molecule has 0 unspecified atom stereocenters. The van der Waals surface area contributed by atoms with Gasteiger partial charge >= 0.3 is 0 Å². The Labute approximate surface area is 147 Å². The summed E-state index contributed by atoms with van der Waals surface area (Å²) < 4.78 is 7.58. The fourth-order valence-electron chi connectivity index (χ4n) is 4.26. The van der Waals surface area contributed by atoms with Crippen molar-refractivity contribution in [2.75, 3.05) is 13.7 Å². The summed E-state index contributed by atoms with van der Waals surface area (Å²) in [5, 5.41) is 14.3. The van der Waals surface area contributed by atoms with Crippen molar-refractivity contribution < 1.29 is 14.6 Å². The number of aliphatic hydroxyl groups excluding tert-OH is 1. The van der Waals surface area contributed by atoms with Gasteiger partial charge in [0.1, 0.15) is 0 Å². The standard InChI is InChI=1S/C19H23N3O3/c1-25-19-8-7-16(23)13-17(19)21(12-9-19)18(24)14-3-5-15(6-4-14)22-11-2-10-20-22/h2-6,10-11,16-17,23H,7-9,12-13H2,1H3/t16-,17+,19-/m1/s1. The number of aliphatic hydroxyl groups is 1. The van der Waals surface area contributed by atoms with Crippen molar-refractivity contribution in [3.05, 3.63) is 48.3 Å². The zero-order chi connectivity index (χ0) is 17.4. The van der Waals surface area contributed by atoms with Gasteiger partial charge in [-0.05, 0) is 56.0 Å². The van der Waals surface area contributed by atoms with Crippen molar-refractivity contribution in [1.82, 2.24) is 14.7 Å². The molecule has 2 fully saturated rings. The molecular weight excluding hydrogens is 318 g/mol. The summed E-state index contributed by atoms with van der Waals surface area (Å²) in [5.74, 6) is 0.00467. The van der Waals surface area contributed by atoms with E-state index in [0.29, 0.717) is 18.5 Å². The van der Waals surface area contributed by atoms with Gasteiger partial charge in [0.2, 0.25) is 0 Å². The molecule has 1 saturated carbocycles. The van der Waals surface area contributed by atoms with Crippen LogP contribution in [-0.4, -0.2) is 57.1 Å². The van der Waals surface area contributed by atoms with Gasteiger partial charge in [0.05, 0.1) is 23.4 Å². The number of benzene rings is 1. The summed E-state index contributed by atoms with van der Waals surface area (Å²) in [7, 11) is 1.72. The number of likely N-dealkylation sites (tertiary alicyclic amines) is 1. The maximum atomic E-state index is 13.0. The van der Waals surface area contributed by atoms with Crippen LogP contribution in [0.5, 0.6) is 0 Å². The van der Waals surface area contributed by atoms with Crippen molar-refractivity contribution in [2.45, 2.75) is 43.4 Å². The van der Waals surface area contributed by atoms with Crippen LogP contribution in [0.4, 0.5) is 0 Å². The van der Waals surface area contributed by atoms with Crippen molar-refractivity contribution >= 4 is 5.91 Å². The predicted molar refractivity (Wildman–Crippen MR) is 92.6 cm³/mol. The smallest absolute Gasteiger partial charge is 0.254 e. The SMILES string of the molecule is CO[C@@]12CC[C@@H](O)C[C@@H]1N(C(=O)c1ccc(-n3cccn3)cc1)CC2. The average molecular weight is 341 g/mol. The summed E-state index contributed by atoms with van der Waals surface area (Å²) in [6.45, 7) is 0.672. The van der Waals surface area contributed by atoms with E-state index >= 15 is 0 Å². The highest BCUT2D eigenvalue weighted by atomic mass is 16.5. The molecule has 6 nitrogen and oxygen atoms in total. The first-order valence-electron chi connectivity index (χ1n) is 8.77. The first kappa shape index (κ1) is 16.3. The highest BCUT2D eigenvalue weighted by molar-refractivity contribution is 5.95. The Kier molecular flexibility index (Phi) is 4.09. The van der Waals surface area contributed by atoms with Crippen LogP contribution >= 0.6 is 0 Å². The maximum absolute atomic E-state index is 13.0. The van der Waals surface area contributed by atoms with Crippen LogP contribution < -0.4 is 0 Å². The molecule has 2 heterocycles. The molecule has 4 rings (SSSR count). The van der Waals surface area contributed by atoms with Gasteiger partial charge in [-0.25, -0.2) is 4.68 Å². The van der Waals surface area contributed by atoms with Gasteiger partial charge in [-0.15, -0.1) is 0 Å². The van der Waals surface area contributed by atoms with E-state index < -0.39 is 0 Å². The van der Waals surface area contributed by atoms with E-state index in [9.17, 15) is 9.90 Å². The second-order valence-corrected chi connectivity index (χ2v) is 6.96. The summed E-state index contributed by atoms with van der Waals surface area (Å²) in [6.07, 6.45) is 6.20. The van der Waals surface area contributed by atoms with E-state index in [1.165, 1.54) is 0 Å². The van der Waals surface area contributed by atoms with Gasteiger partial charge in [0.15, 0.2) is 0 Å². The van der Waals surface area contributed by atoms with Crippen LogP contribution in [-0.2, 0) is 4.74 Å². The zero-order valence-electron chi connectivity index (χ0n) is 14.3. The summed E-state index contributed by atoms with van der Waals surface area (Å²) >= 11 is 0. The Hall–Kier alpha value is -2.18. The van der Waals surface area contributed by atoms with Crippen molar-refractivity contribution in [3.8, 4) is 5.69 Å². The summed E-state index contributed by atoms with van der Waals surface area (Å²) in [4.78, 5) is 14.9. The number of ether oxygens (including phenoxy) is 1. The van der Waals surface area contributed by atoms with Gasteiger partial charge < -0.3 is 14.7 Å². The molecule has 1 N–H and O–H groups in total. The minimum Gasteiger partial charge on any atom is -0.393 e. The third-order valence-electron chi connectivity index (χ3n) is 5.71. The Morgan fingerprint density at radius 2 is 2.12 bits per heavy atom. The van der Waals surface area contributed by atoms with Gasteiger partial charge in [-0.3, -0.25) is 4.79 Å². The van der Waals surface area contributed by atoms with Gasteiger partial charge in [0.25, 0.3) is 5.91 Å². The lowest BCUT2D eigenvalue weighted by molar-refractivity contribution is -0.0824. The highest BCUT2D eigenvalue weighted by Gasteiger charge is 2.52. The molecule has 1 aliphatic heterocycles. The minimum atomic E-state index is -0.358. The normalized spacial score (nSPS) is 28.8. The Bertz CT molecular complexity index is 744. The van der Waals surface area contributed by atoms with E-state index in [-0.39, 0.29) is 23.7 Å². The molecule has 1 amide bonds. The Morgan fingerprint density at radius 1 is 1.32 bits per heavy atom. The van der Waals surface area contributed by atoms with Crippen molar-refractivity contribution in [3.63, 3.8) is 0 Å². The lowest BCUT2D eigenvalue weighted by Gasteiger charge is -2.42. The molecule has 0 spiro atoms. The van der Waals surface area contributed by atoms with Crippen LogP contribution in [0.1, 0.15) is 36.0 Å². The van der Waals surface area contributed by atoms with E-state index in [1.807, 2.05) is 41.4 Å². The molecule has 25 heavy (non-hydrogen) atoms. The number of rotatable bonds is 3. The fraction of sp³-hybridized carbons (Fsp3) is 0.474. The predicted octanol–water partition coefficient (Wildman–Crippen LogP) is 2.02. The number of hydrogen-bond donors (Lipinski definition) is 1. The minimum absolute atomic E-state index is 0.00467. The molecule has 2 aromatic rings. The highest BCUT2D eigenvalue weighted by Crippen LogP contribution is 2.42. The average Bonchev–Trinajstić information content (AvgIpc) is 3.30. The van der Waals surface area contributed by atoms with Gasteiger partial charge in [-0.2, -0.15) is 5.10 Å². The summed E-state index contributed by atoms with van der Waals surface area (Å²) in [6, 6.07) is 9.28. The van der Waals surface area contributed by atoms with Crippen LogP contribution in [0.2, 0.25) is 0 Å². The van der Waals surface area contributed by atoms with Crippen molar-refractivity contribution in [1.29, 1.82) is 0 Å². The number of amides is 1. The van der Waals surface area contributed by atoms with Crippen LogP contribution in [0, 0.1) is 0 Å². The second-order valence-electron chi connectivity index (χ2n) is 6.96. The number of fused-ring (bicyclic) bond motifs is 1. The second kappa shape index (κ2) is 6.28. The first-order valence-corrected chi connectivity index (χ1v) is 8.77. The lowest BCUT2D eigenvalue weighted by atomic mass is 9.79. The van der Waals surface area contributed by atoms with Crippen LogP contribution in [0.3, 0.4) is 0 Å². The van der Waals surface area contributed by atoms with Gasteiger partial charge in [0, 0.05) is 31.6 Å². The number of carbonyl (C=O) groups is 1. The molecule has 0 bridgehead atoms. The molecule has 1 aromatic heterocycles. The van der Waals surface area contributed by atoms with Gasteiger partial charge in [-0.1, -0.05) is 0 Å². The molecule has 132 valence electrons. The van der Waals surface area contributed by atoms with Crippen LogP contribution in [0.15, 0.2) is 42.7 Å². The molecule has 1 aromatic carbocycles. The topological polar surface area (TPSA) is 67.6 Å². The zero-order valence-corrected chi connectivity index (χ0v) is 14.3. The molecule has 6 heteroatoms. The molecule has 0 radical (unpaired) electrons. The third kappa shape index (κ3) is 2.75. The van der Waals surface area contributed by atoms with E-state index in [2.05, 4.69) is 5.10 Å². The molecule has 2 aliphatic rings. The molecule has 1 saturated heterocycles. The monoisotopic (exact) mass is 341 g/mol. The molecular formula is C19H23N3O3. The first-order chi connectivity index (χ1) is 12.1. The van der Waals surface area contributed by atoms with Crippen LogP contribution in [0.25, 0.3) is 5.69 Å². The lowest BCUT2D eigenvalue weighted by Crippen LogP contribution is -2.52. The number of carbonyl (C=O) groups excluding carboxylic acids is 1. The fourth-order valence-corrected chi connectivity index (χ4v) is 4.26. The maximum Gasteiger partial charge on any atom is 0.254 e. The Morgan fingerprint density at radius 3 is 2.80 bits per heavy atom. The Balaban J connectivity index is 1.56. The molecule has 1 aliphatic carbocycles. The number of methoxy groups -OCH3 is 1. The largest absolute Gasteiger partial charge is 0.393 e. The quantitative estimate of drug-likeness (QED) is 0.927. The number of aromatic nitrogens is 2. The van der Waals surface area contributed by atoms with Crippen molar-refractivity contribution in [2.24, 2.45) is 0 Å². The number of nitrogens with zero attached hydrogens (tertiary/aromatic N) is 3. The van der Waals surface area contributed by atoms with E-state index in [0.717, 1.165) is 24.9 Å². The third-order valence-corrected chi connectivity index (χ3v) is 5.71. The number of hydrogen-bond acceptors (Lipinski definition) is 4. The van der Waals surface area contributed by atoms with E-state index in [4.69, 9.17) is 4.74 Å². The van der Waals surface area contributed by atoms with E-state index in [1.54, 1.807) is 18.0 Å². The summed E-state index contributed by atoms with van der Waals surface area (Å²) in [5.41, 5.74) is 1.27.